The lowest BCUT2D eigenvalue weighted by molar-refractivity contribution is -0.142. The van der Waals surface area contributed by atoms with Crippen LogP contribution in [-0.4, -0.2) is 184 Å². The third-order valence-corrected chi connectivity index (χ3v) is 26.0. The zero-order chi connectivity index (χ0) is 90.2. The first-order chi connectivity index (χ1) is 58.2. The van der Waals surface area contributed by atoms with Crippen LogP contribution in [0.2, 0.25) is 0 Å². The number of thioether (sulfide) groups is 1. The van der Waals surface area contributed by atoms with E-state index in [-0.39, 0.29) is 96.5 Å². The second-order valence-electron chi connectivity index (χ2n) is 28.8. The van der Waals surface area contributed by atoms with Crippen LogP contribution in [0.4, 0.5) is 0 Å². The Bertz CT molecular complexity index is 5250. The Morgan fingerprint density at radius 3 is 0.829 bits per heavy atom. The molecular weight excluding hydrogens is 1680 g/mol. The zero-order valence-electron chi connectivity index (χ0n) is 68.7. The van der Waals surface area contributed by atoms with Gasteiger partial charge in [0.15, 0.2) is 0 Å². The molecule has 0 aliphatic heterocycles. The molecule has 7 atom stereocenters. The SMILES string of the molecule is CC(=O)N[C@@H](CSC(c1ccccc1)(c1ccccc1)c1ccccc1)C(=O)N[C@@H](C)C(=O)N[C@@H](CCCNC(=N)NS(=O)(=O)c1ccc(C)cc1)C(=O)N[C@@H](CCCNC(=N)NS(=O)(=O)c1ccc(C)cc1)C(=O)N[C@@H](CCCNC(=N)NS(=O)(=O)c1ccc(C)cc1)C(=O)N[C@@H](C)C(=O)N[C@@H](CCCNC(=N)NS(=O)(=O)c1ccc(C)cc1)C(=O)O. The van der Waals surface area contributed by atoms with E-state index in [0.29, 0.717) is 0 Å². The number of hydrogen-bond acceptors (Lipinski definition) is 21. The van der Waals surface area contributed by atoms with E-state index < -0.39 is 165 Å². The topological polar surface area (TPSA) is 569 Å². The molecule has 7 rings (SSSR count). The van der Waals surface area contributed by atoms with Crippen molar-refractivity contribution < 1.29 is 77.1 Å². The van der Waals surface area contributed by atoms with Crippen molar-refractivity contribution in [2.45, 2.75) is 166 Å². The minimum Gasteiger partial charge on any atom is -0.480 e. The molecule has 0 radical (unpaired) electrons. The lowest BCUT2D eigenvalue weighted by atomic mass is 9.84. The van der Waals surface area contributed by atoms with Gasteiger partial charge in [0, 0.05) is 38.9 Å². The van der Waals surface area contributed by atoms with Gasteiger partial charge in [-0.3, -0.25) is 55.2 Å². The van der Waals surface area contributed by atoms with E-state index in [2.05, 4.69) is 77.4 Å². The maximum atomic E-state index is 15.2. The van der Waals surface area contributed by atoms with Crippen LogP contribution in [0.3, 0.4) is 0 Å². The number of benzene rings is 7. The summed E-state index contributed by atoms with van der Waals surface area (Å²) in [5.74, 6) is -11.1. The number of carbonyl (C=O) groups is 8. The van der Waals surface area contributed by atoms with Crippen LogP contribution < -0.4 is 77.4 Å². The quantitative estimate of drug-likeness (QED) is 0.0112. The summed E-state index contributed by atoms with van der Waals surface area (Å²) in [6.45, 7) is 9.75. The van der Waals surface area contributed by atoms with Crippen molar-refractivity contribution in [2.24, 2.45) is 0 Å². The molecule has 0 saturated carbocycles. The molecule has 0 aromatic heterocycles. The van der Waals surface area contributed by atoms with E-state index in [4.69, 9.17) is 21.6 Å². The maximum Gasteiger partial charge on any atom is 0.326 e. The molecule has 0 unspecified atom stereocenters. The molecule has 0 heterocycles. The predicted octanol–water partition coefficient (Wildman–Crippen LogP) is 3.62. The molecule has 0 aliphatic carbocycles. The minimum atomic E-state index is -4.32. The number of amides is 7. The Morgan fingerprint density at radius 1 is 0.333 bits per heavy atom. The highest BCUT2D eigenvalue weighted by Gasteiger charge is 2.40. The molecule has 123 heavy (non-hydrogen) atoms. The van der Waals surface area contributed by atoms with Crippen LogP contribution in [0.1, 0.15) is 111 Å². The van der Waals surface area contributed by atoms with E-state index in [1.54, 1.807) is 76.2 Å². The van der Waals surface area contributed by atoms with E-state index in [1.165, 1.54) is 81.1 Å². The van der Waals surface area contributed by atoms with E-state index in [0.717, 1.165) is 38.9 Å². The van der Waals surface area contributed by atoms with Gasteiger partial charge in [-0.25, -0.2) is 57.4 Å². The first-order valence-electron chi connectivity index (χ1n) is 39.0. The summed E-state index contributed by atoms with van der Waals surface area (Å²) < 4.78 is 113. The van der Waals surface area contributed by atoms with Crippen molar-refractivity contribution in [3.8, 4) is 0 Å². The monoisotopic (exact) mass is 1790 g/mol. The number of hydrogen-bond donors (Lipinski definition) is 20. The van der Waals surface area contributed by atoms with Crippen LogP contribution in [0.15, 0.2) is 208 Å². The first kappa shape index (κ1) is 97.6. The number of rotatable bonds is 44. The average Bonchev–Trinajstić information content (AvgIpc) is 0.753. The van der Waals surface area contributed by atoms with E-state index in [9.17, 15) is 67.5 Å². The largest absolute Gasteiger partial charge is 0.480 e. The van der Waals surface area contributed by atoms with Gasteiger partial charge >= 0.3 is 5.97 Å². The van der Waals surface area contributed by atoms with Gasteiger partial charge in [-0.1, -0.05) is 162 Å². The Hall–Kier alpha value is -12.5. The van der Waals surface area contributed by atoms with Crippen molar-refractivity contribution in [1.29, 1.82) is 21.6 Å². The molecule has 7 aromatic rings. The Morgan fingerprint density at radius 2 is 0.569 bits per heavy atom. The predicted molar refractivity (Wildman–Crippen MR) is 466 cm³/mol. The van der Waals surface area contributed by atoms with Crippen LogP contribution in [-0.2, 0) is 83.2 Å². The Kier molecular flexibility index (Phi) is 36.5. The van der Waals surface area contributed by atoms with Crippen LogP contribution >= 0.6 is 11.8 Å². The van der Waals surface area contributed by atoms with Crippen molar-refractivity contribution in [3.05, 3.63) is 227 Å². The van der Waals surface area contributed by atoms with Crippen molar-refractivity contribution in [3.63, 3.8) is 0 Å². The van der Waals surface area contributed by atoms with Gasteiger partial charge in [0.1, 0.15) is 42.3 Å². The molecule has 660 valence electrons. The third kappa shape index (κ3) is 30.6. The maximum absolute atomic E-state index is 15.2. The van der Waals surface area contributed by atoms with E-state index in [1.807, 2.05) is 91.0 Å². The second kappa shape index (κ2) is 46.0. The van der Waals surface area contributed by atoms with Crippen LogP contribution in [0.25, 0.3) is 0 Å². The lowest BCUT2D eigenvalue weighted by Crippen LogP contribution is -2.59. The third-order valence-electron chi connectivity index (χ3n) is 18.9. The van der Waals surface area contributed by atoms with Gasteiger partial charge in [-0.05, 0) is 158 Å². The minimum absolute atomic E-state index is 0.0543. The molecule has 0 spiro atoms. The van der Waals surface area contributed by atoms with Gasteiger partial charge in [0.05, 0.1) is 24.3 Å². The number of carbonyl (C=O) groups excluding carboxylic acids is 7. The molecule has 0 bridgehead atoms. The van der Waals surface area contributed by atoms with Gasteiger partial charge < -0.3 is 63.6 Å². The number of nitrogens with one attached hydrogen (secondary N) is 19. The summed E-state index contributed by atoms with van der Waals surface area (Å²) in [4.78, 5) is 113. The highest BCUT2D eigenvalue weighted by Crippen LogP contribution is 2.48. The molecular formula is C82H105N19O17S5. The fourth-order valence-corrected chi connectivity index (χ4v) is 17.6. The van der Waals surface area contributed by atoms with Crippen molar-refractivity contribution >= 4 is 123 Å². The number of carboxylic acid groups (broad SMARTS) is 1. The van der Waals surface area contributed by atoms with Crippen molar-refractivity contribution in [2.75, 3.05) is 31.9 Å². The van der Waals surface area contributed by atoms with E-state index >= 15 is 9.59 Å². The second-order valence-corrected chi connectivity index (χ2v) is 36.8. The molecule has 7 amide bonds. The summed E-state index contributed by atoms with van der Waals surface area (Å²) in [5, 5.41) is 72.2. The van der Waals surface area contributed by atoms with Crippen molar-refractivity contribution in [1.82, 2.24) is 77.4 Å². The summed E-state index contributed by atoms with van der Waals surface area (Å²) in [6.07, 6.45) is -2.01. The molecule has 36 nitrogen and oxygen atoms in total. The highest BCUT2D eigenvalue weighted by molar-refractivity contribution is 8.00. The first-order valence-corrected chi connectivity index (χ1v) is 45.9. The molecule has 20 N–H and O–H groups in total. The fourth-order valence-electron chi connectivity index (χ4n) is 12.2. The van der Waals surface area contributed by atoms with Gasteiger partial charge in [0.2, 0.25) is 65.2 Å². The average molecular weight is 1790 g/mol. The summed E-state index contributed by atoms with van der Waals surface area (Å²) in [6, 6.07) is 40.4. The Labute approximate surface area is 720 Å². The summed E-state index contributed by atoms with van der Waals surface area (Å²) >= 11 is 1.34. The number of carboxylic acids is 1. The van der Waals surface area contributed by atoms with Gasteiger partial charge in [-0.2, -0.15) is 0 Å². The van der Waals surface area contributed by atoms with Crippen LogP contribution in [0.5, 0.6) is 0 Å². The molecule has 7 aromatic carbocycles. The van der Waals surface area contributed by atoms with Gasteiger partial charge in [-0.15, -0.1) is 11.8 Å². The zero-order valence-corrected chi connectivity index (χ0v) is 72.7. The molecule has 41 heteroatoms. The van der Waals surface area contributed by atoms with Gasteiger partial charge in [0.25, 0.3) is 40.1 Å². The number of guanidine groups is 4. The lowest BCUT2D eigenvalue weighted by Gasteiger charge is -2.36. The standard InChI is InChI=1S/C82H105N19O17S5/c1-52-31-39-62(40-32-52)120(111,112)98-78(83)87-47-17-27-66(73(105)91-57(6)72(104)97-69(77(109)110)30-20-50-90-81(86)101-123(117,118)65-45-37-55(4)38-46-65)95-75(107)68(29-19-49-89-80(85)100-122(115,116)64-43-35-54(3)36-44-64)96-74(106)67(28-18-48-88-79(84)99-121(113,114)63-41-33-53(2)34-42-63)94-71(103)56(5)92-76(108)70(93-58(7)102)51-119-82(59-21-11-8-12-22-59,60-23-13-9-14-24-60)61-25-15-10-16-26-61/h8-16,21-26,31-46,56-57,66-70H,17-20,27-30,47-51H2,1-7H3,(H,91,105)(H,92,108)(H,93,102)(H,94,103)(H,95,107)(H,96,106)(H,97,104)(H,109,110)(H3,83,87,98)(H3,84,88,99)(H3,85,89,100)(H3,86,90,101)/t56-,57-,66-,67-,68-,69-,70-/m0/s1. The fraction of sp³-hybridized carbons (Fsp3) is 0.341. The summed E-state index contributed by atoms with van der Waals surface area (Å²) in [5.41, 5.74) is 5.57. The highest BCUT2D eigenvalue weighted by atomic mass is 32.2. The summed E-state index contributed by atoms with van der Waals surface area (Å²) in [7, 11) is -17.1. The number of sulfonamides is 4. The Balaban J connectivity index is 1.16. The number of aliphatic carboxylic acids is 1. The molecule has 0 fully saturated rings. The molecule has 0 saturated heterocycles. The normalized spacial score (nSPS) is 13.3. The smallest absolute Gasteiger partial charge is 0.326 e. The number of aryl methyl sites for hydroxylation is 4. The van der Waals surface area contributed by atoms with Crippen LogP contribution in [0, 0.1) is 49.3 Å². The molecule has 0 aliphatic rings.